The zero-order chi connectivity index (χ0) is 20.8. The molecule has 27 heavy (non-hydrogen) atoms. The molecule has 0 saturated carbocycles. The van der Waals surface area contributed by atoms with Crippen molar-refractivity contribution in [3.63, 3.8) is 0 Å². The fourth-order valence-electron chi connectivity index (χ4n) is 2.06. The minimum atomic E-state index is -0.616. The summed E-state index contributed by atoms with van der Waals surface area (Å²) in [5.41, 5.74) is 0.0494. The molecule has 7 nitrogen and oxygen atoms in total. The van der Waals surface area contributed by atoms with Crippen molar-refractivity contribution in [3.8, 4) is 5.88 Å². The first-order valence-corrected chi connectivity index (χ1v) is 8.71. The number of anilines is 1. The van der Waals surface area contributed by atoms with Crippen LogP contribution < -0.4 is 9.64 Å². The molecule has 1 aromatic heterocycles. The smallest absolute Gasteiger partial charge is 0.414 e. The highest BCUT2D eigenvalue weighted by Crippen LogP contribution is 2.26. The van der Waals surface area contributed by atoms with Gasteiger partial charge in [-0.2, -0.15) is 0 Å². The summed E-state index contributed by atoms with van der Waals surface area (Å²) >= 11 is 0. The van der Waals surface area contributed by atoms with Crippen molar-refractivity contribution in [2.45, 2.75) is 59.2 Å². The van der Waals surface area contributed by atoms with Crippen molar-refractivity contribution < 1.29 is 23.8 Å². The van der Waals surface area contributed by atoms with Gasteiger partial charge in [0.25, 0.3) is 0 Å². The fourth-order valence-corrected chi connectivity index (χ4v) is 2.06. The van der Waals surface area contributed by atoms with Gasteiger partial charge in [-0.05, 0) is 41.5 Å². The Morgan fingerprint density at radius 3 is 2.22 bits per heavy atom. The molecule has 0 aliphatic heterocycles. The first-order valence-electron chi connectivity index (χ1n) is 8.71. The Labute approximate surface area is 161 Å². The van der Waals surface area contributed by atoms with Gasteiger partial charge in [-0.25, -0.2) is 9.78 Å². The Balaban J connectivity index is 3.02. The molecule has 0 N–H and O–H groups in total. The van der Waals surface area contributed by atoms with Crippen LogP contribution in [0.3, 0.4) is 0 Å². The maximum Gasteiger partial charge on any atom is 0.414 e. The monoisotopic (exact) mass is 378 g/mol. The van der Waals surface area contributed by atoms with Crippen LogP contribution in [0.1, 0.15) is 53.5 Å². The van der Waals surface area contributed by atoms with Crippen LogP contribution in [0.25, 0.3) is 6.08 Å². The van der Waals surface area contributed by atoms with E-state index in [0.717, 1.165) is 0 Å². The van der Waals surface area contributed by atoms with E-state index in [2.05, 4.69) is 4.98 Å². The van der Waals surface area contributed by atoms with Gasteiger partial charge >= 0.3 is 12.1 Å². The molecule has 1 rings (SSSR count). The molecular formula is C20H30N2O5. The van der Waals surface area contributed by atoms with Crippen LogP contribution in [-0.2, 0) is 14.3 Å². The quantitative estimate of drug-likeness (QED) is 0.714. The molecule has 7 heteroatoms. The SMILES string of the molecule is COc1cc(N(C)C(=O)OC(C)(C)C)c(/C=C/CC(=O)OC(C)(C)C)cn1. The van der Waals surface area contributed by atoms with Gasteiger partial charge in [-0.15, -0.1) is 0 Å². The lowest BCUT2D eigenvalue weighted by atomic mass is 10.1. The normalized spacial score (nSPS) is 12.0. The lowest BCUT2D eigenvalue weighted by molar-refractivity contribution is -0.153. The summed E-state index contributed by atoms with van der Waals surface area (Å²) in [5, 5.41) is 0. The van der Waals surface area contributed by atoms with Crippen LogP contribution in [0.5, 0.6) is 5.88 Å². The summed E-state index contributed by atoms with van der Waals surface area (Å²) in [6.45, 7) is 10.8. The van der Waals surface area contributed by atoms with E-state index in [1.54, 1.807) is 52.2 Å². The molecule has 0 saturated heterocycles. The number of hydrogen-bond donors (Lipinski definition) is 0. The third-order valence-corrected chi connectivity index (χ3v) is 3.13. The highest BCUT2D eigenvalue weighted by molar-refractivity contribution is 5.90. The average molecular weight is 378 g/mol. The van der Waals surface area contributed by atoms with E-state index < -0.39 is 17.3 Å². The number of aromatic nitrogens is 1. The minimum Gasteiger partial charge on any atom is -0.481 e. The van der Waals surface area contributed by atoms with Crippen molar-refractivity contribution in [1.29, 1.82) is 0 Å². The number of hydrogen-bond acceptors (Lipinski definition) is 6. The zero-order valence-corrected chi connectivity index (χ0v) is 17.5. The molecule has 0 aromatic carbocycles. The van der Waals surface area contributed by atoms with E-state index in [9.17, 15) is 9.59 Å². The van der Waals surface area contributed by atoms with Gasteiger partial charge in [-0.3, -0.25) is 9.69 Å². The molecule has 1 aromatic rings. The number of nitrogens with zero attached hydrogens (tertiary/aromatic N) is 2. The van der Waals surface area contributed by atoms with E-state index in [-0.39, 0.29) is 12.4 Å². The summed E-state index contributed by atoms with van der Waals surface area (Å²) < 4.78 is 15.8. The number of ether oxygens (including phenoxy) is 3. The first-order chi connectivity index (χ1) is 12.3. The number of amides is 1. The Bertz CT molecular complexity index is 699. The molecule has 0 bridgehead atoms. The molecule has 150 valence electrons. The van der Waals surface area contributed by atoms with Gasteiger partial charge in [0, 0.05) is 24.9 Å². The van der Waals surface area contributed by atoms with Gasteiger partial charge in [0.1, 0.15) is 11.2 Å². The summed E-state index contributed by atoms with van der Waals surface area (Å²) in [4.78, 5) is 29.8. The first kappa shape index (κ1) is 22.5. The predicted octanol–water partition coefficient (Wildman–Crippen LogP) is 4.21. The summed E-state index contributed by atoms with van der Waals surface area (Å²) in [7, 11) is 3.10. The molecule has 0 radical (unpaired) electrons. The molecule has 1 heterocycles. The predicted molar refractivity (Wildman–Crippen MR) is 105 cm³/mol. The standard InChI is InChI=1S/C20H30N2O5/c1-19(2,3)26-17(23)11-9-10-14-13-21-16(25-8)12-15(14)22(7)18(24)27-20(4,5)6/h9-10,12-13H,11H2,1-8H3/b10-9+. The van der Waals surface area contributed by atoms with Crippen LogP contribution in [-0.4, -0.2) is 42.4 Å². The fraction of sp³-hybridized carbons (Fsp3) is 0.550. The third kappa shape index (κ3) is 8.11. The Hall–Kier alpha value is -2.57. The van der Waals surface area contributed by atoms with Crippen molar-refractivity contribution in [3.05, 3.63) is 23.9 Å². The van der Waals surface area contributed by atoms with Gasteiger partial charge < -0.3 is 14.2 Å². The van der Waals surface area contributed by atoms with Crippen molar-refractivity contribution in [2.24, 2.45) is 0 Å². The summed E-state index contributed by atoms with van der Waals surface area (Å²) in [6.07, 6.45) is 4.56. The molecule has 0 spiro atoms. The molecule has 0 fully saturated rings. The molecule has 0 aliphatic carbocycles. The van der Waals surface area contributed by atoms with Gasteiger partial charge in [0.05, 0.1) is 19.2 Å². The molecule has 0 unspecified atom stereocenters. The second-order valence-electron chi connectivity index (χ2n) is 8.02. The Morgan fingerprint density at radius 1 is 1.11 bits per heavy atom. The lowest BCUT2D eigenvalue weighted by Crippen LogP contribution is -2.34. The van der Waals surface area contributed by atoms with Crippen molar-refractivity contribution >= 4 is 23.8 Å². The Kier molecular flexibility index (Phi) is 7.39. The van der Waals surface area contributed by atoms with E-state index in [1.165, 1.54) is 12.0 Å². The van der Waals surface area contributed by atoms with Crippen molar-refractivity contribution in [1.82, 2.24) is 4.98 Å². The van der Waals surface area contributed by atoms with Crippen LogP contribution in [0.15, 0.2) is 18.3 Å². The number of esters is 1. The van der Waals surface area contributed by atoms with Crippen molar-refractivity contribution in [2.75, 3.05) is 19.1 Å². The van der Waals surface area contributed by atoms with E-state index >= 15 is 0 Å². The zero-order valence-electron chi connectivity index (χ0n) is 17.5. The third-order valence-electron chi connectivity index (χ3n) is 3.13. The van der Waals surface area contributed by atoms with E-state index in [0.29, 0.717) is 17.1 Å². The average Bonchev–Trinajstić information content (AvgIpc) is 2.51. The summed E-state index contributed by atoms with van der Waals surface area (Å²) in [6, 6.07) is 1.64. The lowest BCUT2D eigenvalue weighted by Gasteiger charge is -2.25. The van der Waals surface area contributed by atoms with Gasteiger partial charge in [0.15, 0.2) is 0 Å². The van der Waals surface area contributed by atoms with Crippen LogP contribution >= 0.6 is 0 Å². The Morgan fingerprint density at radius 2 is 1.70 bits per heavy atom. The topological polar surface area (TPSA) is 78.0 Å². The largest absolute Gasteiger partial charge is 0.481 e. The van der Waals surface area contributed by atoms with Crippen LogP contribution in [0.2, 0.25) is 0 Å². The number of rotatable bonds is 5. The number of methoxy groups -OCH3 is 1. The maximum atomic E-state index is 12.4. The van der Waals surface area contributed by atoms with Gasteiger partial charge in [0.2, 0.25) is 5.88 Å². The second kappa shape index (κ2) is 8.88. The highest BCUT2D eigenvalue weighted by Gasteiger charge is 2.22. The molecule has 1 amide bonds. The molecule has 0 aliphatic rings. The van der Waals surface area contributed by atoms with E-state index in [1.807, 2.05) is 20.8 Å². The van der Waals surface area contributed by atoms with Crippen LogP contribution in [0.4, 0.5) is 10.5 Å². The van der Waals surface area contributed by atoms with E-state index in [4.69, 9.17) is 14.2 Å². The maximum absolute atomic E-state index is 12.4. The van der Waals surface area contributed by atoms with Gasteiger partial charge in [-0.1, -0.05) is 12.2 Å². The highest BCUT2D eigenvalue weighted by atomic mass is 16.6. The summed E-state index contributed by atoms with van der Waals surface area (Å²) in [5.74, 6) is 0.0342. The van der Waals surface area contributed by atoms with Crippen LogP contribution in [0, 0.1) is 0 Å². The molecular weight excluding hydrogens is 348 g/mol. The minimum absolute atomic E-state index is 0.110. The number of pyridine rings is 1. The number of carbonyl (C=O) groups is 2. The molecule has 0 atom stereocenters. The number of carbonyl (C=O) groups excluding carboxylic acids is 2. The second-order valence-corrected chi connectivity index (χ2v) is 8.02.